The van der Waals surface area contributed by atoms with Gasteiger partial charge in [-0.3, -0.25) is 4.79 Å². The smallest absolute Gasteiger partial charge is 0.152 e. The number of hydrogen-bond donors (Lipinski definition) is 0. The fourth-order valence-electron chi connectivity index (χ4n) is 2.20. The Morgan fingerprint density at radius 1 is 1.12 bits per heavy atom. The lowest BCUT2D eigenvalue weighted by Crippen LogP contribution is -2.24. The zero-order chi connectivity index (χ0) is 11.4. The van der Waals surface area contributed by atoms with Gasteiger partial charge in [0.25, 0.3) is 0 Å². The second-order valence-electron chi connectivity index (χ2n) is 4.22. The van der Waals surface area contributed by atoms with Crippen molar-refractivity contribution in [2.75, 3.05) is 18.0 Å². The molecule has 0 saturated carbocycles. The van der Waals surface area contributed by atoms with Crippen molar-refractivity contribution in [3.63, 3.8) is 0 Å². The van der Waals surface area contributed by atoms with Crippen LogP contribution in [-0.2, 0) is 0 Å². The fourth-order valence-corrected chi connectivity index (χ4v) is 2.37. The van der Waals surface area contributed by atoms with Crippen molar-refractivity contribution in [2.45, 2.75) is 25.7 Å². The highest BCUT2D eigenvalue weighted by atomic mass is 35.5. The van der Waals surface area contributed by atoms with E-state index in [2.05, 4.69) is 4.90 Å². The summed E-state index contributed by atoms with van der Waals surface area (Å²) in [7, 11) is 0. The maximum atomic E-state index is 11.0. The van der Waals surface area contributed by atoms with Gasteiger partial charge >= 0.3 is 0 Å². The summed E-state index contributed by atoms with van der Waals surface area (Å²) >= 11 is 5.99. The second kappa shape index (κ2) is 5.35. The number of hydrogen-bond acceptors (Lipinski definition) is 2. The molecule has 0 N–H and O–H groups in total. The topological polar surface area (TPSA) is 20.3 Å². The van der Waals surface area contributed by atoms with Crippen LogP contribution in [-0.4, -0.2) is 19.4 Å². The second-order valence-corrected chi connectivity index (χ2v) is 4.66. The largest absolute Gasteiger partial charge is 0.371 e. The molecule has 0 aliphatic carbocycles. The van der Waals surface area contributed by atoms with E-state index in [4.69, 9.17) is 11.6 Å². The van der Waals surface area contributed by atoms with Crippen molar-refractivity contribution in [2.24, 2.45) is 0 Å². The van der Waals surface area contributed by atoms with E-state index >= 15 is 0 Å². The summed E-state index contributed by atoms with van der Waals surface area (Å²) in [6, 6.07) is 5.47. The first kappa shape index (κ1) is 11.5. The molecule has 0 spiro atoms. The zero-order valence-electron chi connectivity index (χ0n) is 9.29. The van der Waals surface area contributed by atoms with E-state index in [1.165, 1.54) is 25.7 Å². The Balaban J connectivity index is 2.29. The van der Waals surface area contributed by atoms with E-state index in [-0.39, 0.29) is 0 Å². The average molecular weight is 238 g/mol. The number of benzene rings is 1. The molecule has 16 heavy (non-hydrogen) atoms. The van der Waals surface area contributed by atoms with Crippen LogP contribution in [0.3, 0.4) is 0 Å². The molecule has 0 radical (unpaired) electrons. The first-order chi connectivity index (χ1) is 7.81. The molecule has 1 aromatic rings. The minimum Gasteiger partial charge on any atom is -0.371 e. The van der Waals surface area contributed by atoms with E-state index in [1.54, 1.807) is 12.1 Å². The Kier molecular flexibility index (Phi) is 3.83. The Hall–Kier alpha value is -1.02. The molecule has 1 aliphatic rings. The van der Waals surface area contributed by atoms with Gasteiger partial charge in [0.1, 0.15) is 0 Å². The molecule has 0 atom stereocenters. The zero-order valence-corrected chi connectivity index (χ0v) is 10.0. The normalized spacial score (nSPS) is 16.9. The molecule has 0 bridgehead atoms. The lowest BCUT2D eigenvalue weighted by Gasteiger charge is -2.24. The Morgan fingerprint density at radius 2 is 1.81 bits per heavy atom. The van der Waals surface area contributed by atoms with Crippen LogP contribution in [0.15, 0.2) is 18.2 Å². The Labute approximate surface area is 101 Å². The fraction of sp³-hybridized carbons (Fsp3) is 0.462. The van der Waals surface area contributed by atoms with Gasteiger partial charge in [-0.2, -0.15) is 0 Å². The molecule has 1 aliphatic heterocycles. The summed E-state index contributed by atoms with van der Waals surface area (Å²) in [6.07, 6.45) is 5.88. The van der Waals surface area contributed by atoms with Gasteiger partial charge in [0.05, 0.1) is 0 Å². The van der Waals surface area contributed by atoms with Gasteiger partial charge in [-0.05, 0) is 31.0 Å². The van der Waals surface area contributed by atoms with E-state index < -0.39 is 0 Å². The van der Waals surface area contributed by atoms with Gasteiger partial charge in [-0.15, -0.1) is 0 Å². The summed E-state index contributed by atoms with van der Waals surface area (Å²) in [6.45, 7) is 2.06. The molecule has 0 unspecified atom stereocenters. The van der Waals surface area contributed by atoms with Crippen LogP contribution in [0.5, 0.6) is 0 Å². The molecule has 0 aromatic heterocycles. The lowest BCUT2D eigenvalue weighted by atomic mass is 10.1. The summed E-state index contributed by atoms with van der Waals surface area (Å²) in [5, 5.41) is 0.699. The molecule has 3 heteroatoms. The van der Waals surface area contributed by atoms with Crippen LogP contribution < -0.4 is 4.90 Å². The van der Waals surface area contributed by atoms with Crippen LogP contribution in [0.4, 0.5) is 5.69 Å². The van der Waals surface area contributed by atoms with Gasteiger partial charge in [-0.25, -0.2) is 0 Å². The maximum absolute atomic E-state index is 11.0. The third-order valence-electron chi connectivity index (χ3n) is 3.07. The third-order valence-corrected chi connectivity index (χ3v) is 3.30. The summed E-state index contributed by atoms with van der Waals surface area (Å²) in [5.41, 5.74) is 1.73. The molecular formula is C13H16ClNO. The monoisotopic (exact) mass is 237 g/mol. The minimum absolute atomic E-state index is 0.699. The number of anilines is 1. The first-order valence-corrected chi connectivity index (χ1v) is 6.19. The predicted molar refractivity (Wildman–Crippen MR) is 67.5 cm³/mol. The molecule has 1 fully saturated rings. The summed E-state index contributed by atoms with van der Waals surface area (Å²) in [4.78, 5) is 13.3. The van der Waals surface area contributed by atoms with E-state index in [0.29, 0.717) is 5.02 Å². The quantitative estimate of drug-likeness (QED) is 0.734. The van der Waals surface area contributed by atoms with Crippen LogP contribution in [0.2, 0.25) is 5.02 Å². The standard InChI is InChI=1S/C13H16ClNO/c14-12-6-5-11(10-16)13(9-12)15-7-3-1-2-4-8-15/h5-6,9-10H,1-4,7-8H2. The van der Waals surface area contributed by atoms with Crippen LogP contribution in [0.1, 0.15) is 36.0 Å². The number of rotatable bonds is 2. The molecule has 86 valence electrons. The molecule has 1 saturated heterocycles. The Morgan fingerprint density at radius 3 is 2.44 bits per heavy atom. The summed E-state index contributed by atoms with van der Waals surface area (Å²) < 4.78 is 0. The predicted octanol–water partition coefficient (Wildman–Crippen LogP) is 3.53. The van der Waals surface area contributed by atoms with Gasteiger partial charge < -0.3 is 4.90 Å². The number of carbonyl (C=O) groups is 1. The molecule has 2 nitrogen and oxygen atoms in total. The first-order valence-electron chi connectivity index (χ1n) is 5.81. The van der Waals surface area contributed by atoms with Crippen molar-refractivity contribution in [3.05, 3.63) is 28.8 Å². The molecular weight excluding hydrogens is 222 g/mol. The number of aldehydes is 1. The van der Waals surface area contributed by atoms with Crippen molar-refractivity contribution >= 4 is 23.6 Å². The summed E-state index contributed by atoms with van der Waals surface area (Å²) in [5.74, 6) is 0. The van der Waals surface area contributed by atoms with Gasteiger partial charge in [0.15, 0.2) is 6.29 Å². The highest BCUT2D eigenvalue weighted by molar-refractivity contribution is 6.31. The van der Waals surface area contributed by atoms with Crippen LogP contribution in [0, 0.1) is 0 Å². The van der Waals surface area contributed by atoms with Crippen molar-refractivity contribution in [1.82, 2.24) is 0 Å². The highest BCUT2D eigenvalue weighted by Gasteiger charge is 2.13. The Bertz CT molecular complexity index is 370. The molecule has 0 amide bonds. The maximum Gasteiger partial charge on any atom is 0.152 e. The van der Waals surface area contributed by atoms with Gasteiger partial charge in [0.2, 0.25) is 0 Å². The van der Waals surface area contributed by atoms with E-state index in [9.17, 15) is 4.79 Å². The number of nitrogens with zero attached hydrogens (tertiary/aromatic N) is 1. The van der Waals surface area contributed by atoms with Crippen LogP contribution in [0.25, 0.3) is 0 Å². The van der Waals surface area contributed by atoms with E-state index in [1.807, 2.05) is 6.07 Å². The molecule has 2 rings (SSSR count). The molecule has 1 heterocycles. The average Bonchev–Trinajstić information content (AvgIpc) is 2.57. The SMILES string of the molecule is O=Cc1ccc(Cl)cc1N1CCCCCC1. The van der Waals surface area contributed by atoms with Crippen molar-refractivity contribution in [1.29, 1.82) is 0 Å². The lowest BCUT2D eigenvalue weighted by molar-refractivity contribution is 0.112. The van der Waals surface area contributed by atoms with Crippen molar-refractivity contribution in [3.8, 4) is 0 Å². The van der Waals surface area contributed by atoms with Gasteiger partial charge in [-0.1, -0.05) is 24.4 Å². The minimum atomic E-state index is 0.699. The van der Waals surface area contributed by atoms with Crippen molar-refractivity contribution < 1.29 is 4.79 Å². The highest BCUT2D eigenvalue weighted by Crippen LogP contribution is 2.26. The third kappa shape index (κ3) is 2.56. The van der Waals surface area contributed by atoms with Gasteiger partial charge in [0, 0.05) is 29.4 Å². The number of carbonyl (C=O) groups excluding carboxylic acids is 1. The number of halogens is 1. The van der Waals surface area contributed by atoms with Crippen LogP contribution >= 0.6 is 11.6 Å². The van der Waals surface area contributed by atoms with E-state index in [0.717, 1.165) is 30.6 Å². The molecule has 1 aromatic carbocycles.